The van der Waals surface area contributed by atoms with E-state index in [1.54, 1.807) is 18.6 Å². The van der Waals surface area contributed by atoms with Crippen molar-refractivity contribution in [3.8, 4) is 0 Å². The van der Waals surface area contributed by atoms with Gasteiger partial charge in [-0.2, -0.15) is 10.1 Å². The van der Waals surface area contributed by atoms with Gasteiger partial charge in [0.2, 0.25) is 0 Å². The smallest absolute Gasteiger partial charge is 0.281 e. The quantitative estimate of drug-likeness (QED) is 0.694. The summed E-state index contributed by atoms with van der Waals surface area (Å²) in [5.41, 5.74) is 4.75. The predicted octanol–water partition coefficient (Wildman–Crippen LogP) is 3.07. The monoisotopic (exact) mass is 389 g/mol. The van der Waals surface area contributed by atoms with Gasteiger partial charge in [-0.15, -0.1) is 0 Å². The number of hydrazone groups is 1. The zero-order valence-electron chi connectivity index (χ0n) is 16.9. The van der Waals surface area contributed by atoms with Crippen molar-refractivity contribution in [2.75, 3.05) is 5.01 Å². The van der Waals surface area contributed by atoms with Crippen LogP contribution in [0.1, 0.15) is 43.3 Å². The molecular formula is C21H23N7O. The Balaban J connectivity index is 1.72. The van der Waals surface area contributed by atoms with Crippen LogP contribution in [-0.4, -0.2) is 36.6 Å². The molecule has 0 saturated heterocycles. The molecule has 0 fully saturated rings. The lowest BCUT2D eigenvalue weighted by atomic mass is 9.83. The van der Waals surface area contributed by atoms with E-state index in [1.165, 1.54) is 28.5 Å². The number of rotatable bonds is 4. The summed E-state index contributed by atoms with van der Waals surface area (Å²) in [7, 11) is 0. The summed E-state index contributed by atoms with van der Waals surface area (Å²) in [5, 5.41) is 5.47. The number of amides is 1. The molecule has 1 amide bonds. The predicted molar refractivity (Wildman–Crippen MR) is 112 cm³/mol. The first kappa shape index (κ1) is 18.8. The Morgan fingerprint density at radius 2 is 2.00 bits per heavy atom. The average molecular weight is 389 g/mol. The van der Waals surface area contributed by atoms with Gasteiger partial charge in [-0.3, -0.25) is 9.78 Å². The number of aryl methyl sites for hydroxylation is 1. The van der Waals surface area contributed by atoms with Crippen molar-refractivity contribution in [1.29, 1.82) is 0 Å². The maximum absolute atomic E-state index is 12.9. The van der Waals surface area contributed by atoms with Gasteiger partial charge in [0.15, 0.2) is 5.82 Å². The standard InChI is InChI=1S/C21H23N7O/c1-14-16(12-27-8-7-23-13-27)19(21(2,3)4)17(26-14)9-15-10-25-28(20(15)29)18-11-22-5-6-24-18/h5-11,13,26H,12H2,1-4H3/b15-9+. The molecule has 0 bridgehead atoms. The van der Waals surface area contributed by atoms with E-state index < -0.39 is 0 Å². The van der Waals surface area contributed by atoms with Gasteiger partial charge in [-0.25, -0.2) is 9.97 Å². The number of carbonyl (C=O) groups excluding carboxylic acids is 1. The molecule has 0 aromatic carbocycles. The minimum absolute atomic E-state index is 0.115. The molecule has 0 spiro atoms. The second-order valence-corrected chi connectivity index (χ2v) is 8.03. The molecule has 1 N–H and O–H groups in total. The van der Waals surface area contributed by atoms with Gasteiger partial charge < -0.3 is 9.55 Å². The van der Waals surface area contributed by atoms with E-state index in [9.17, 15) is 4.79 Å². The molecule has 29 heavy (non-hydrogen) atoms. The summed E-state index contributed by atoms with van der Waals surface area (Å²) in [6.07, 6.45) is 13.6. The van der Waals surface area contributed by atoms with E-state index in [0.717, 1.165) is 11.4 Å². The summed E-state index contributed by atoms with van der Waals surface area (Å²) in [5.74, 6) is 0.172. The fourth-order valence-corrected chi connectivity index (χ4v) is 3.58. The fourth-order valence-electron chi connectivity index (χ4n) is 3.58. The highest BCUT2D eigenvalue weighted by Gasteiger charge is 2.29. The number of nitrogens with one attached hydrogen (secondary N) is 1. The molecule has 1 aliphatic rings. The first-order valence-electron chi connectivity index (χ1n) is 9.38. The van der Waals surface area contributed by atoms with Crippen molar-refractivity contribution in [2.24, 2.45) is 5.10 Å². The first-order valence-corrected chi connectivity index (χ1v) is 9.38. The van der Waals surface area contributed by atoms with Crippen LogP contribution >= 0.6 is 0 Å². The highest BCUT2D eigenvalue weighted by atomic mass is 16.2. The van der Waals surface area contributed by atoms with Crippen molar-refractivity contribution in [2.45, 2.75) is 39.7 Å². The number of hydrogen-bond acceptors (Lipinski definition) is 5. The van der Waals surface area contributed by atoms with Crippen molar-refractivity contribution in [1.82, 2.24) is 24.5 Å². The second kappa shape index (κ2) is 7.12. The Hall–Kier alpha value is -3.55. The molecule has 0 unspecified atom stereocenters. The zero-order valence-corrected chi connectivity index (χ0v) is 16.9. The number of aromatic amines is 1. The van der Waals surface area contributed by atoms with Gasteiger partial charge in [0.25, 0.3) is 5.91 Å². The summed E-state index contributed by atoms with van der Waals surface area (Å²) < 4.78 is 2.04. The molecule has 8 nitrogen and oxygen atoms in total. The molecule has 3 aromatic rings. The third-order valence-electron chi connectivity index (χ3n) is 4.81. The van der Waals surface area contributed by atoms with Crippen LogP contribution in [0, 0.1) is 6.92 Å². The molecule has 8 heteroatoms. The number of aromatic nitrogens is 5. The van der Waals surface area contributed by atoms with Crippen LogP contribution in [0.5, 0.6) is 0 Å². The summed E-state index contributed by atoms with van der Waals surface area (Å²) in [4.78, 5) is 28.6. The van der Waals surface area contributed by atoms with Crippen LogP contribution in [0.3, 0.4) is 0 Å². The van der Waals surface area contributed by atoms with Gasteiger partial charge in [-0.05, 0) is 29.5 Å². The summed E-state index contributed by atoms with van der Waals surface area (Å²) in [6, 6.07) is 0. The van der Waals surface area contributed by atoms with Gasteiger partial charge >= 0.3 is 0 Å². The number of anilines is 1. The highest BCUT2D eigenvalue weighted by molar-refractivity contribution is 6.25. The molecular weight excluding hydrogens is 366 g/mol. The summed E-state index contributed by atoms with van der Waals surface area (Å²) >= 11 is 0. The molecule has 1 aliphatic heterocycles. The third kappa shape index (κ3) is 3.61. The van der Waals surface area contributed by atoms with Crippen LogP contribution in [0.25, 0.3) is 6.08 Å². The molecule has 4 rings (SSSR count). The number of carbonyl (C=O) groups is 1. The Morgan fingerprint density at radius 3 is 2.66 bits per heavy atom. The molecule has 0 aliphatic carbocycles. The second-order valence-electron chi connectivity index (χ2n) is 8.03. The van der Waals surface area contributed by atoms with Crippen LogP contribution in [0.15, 0.2) is 48.0 Å². The normalized spacial score (nSPS) is 15.7. The summed E-state index contributed by atoms with van der Waals surface area (Å²) in [6.45, 7) is 9.29. The Labute approximate surface area is 169 Å². The lowest BCUT2D eigenvalue weighted by molar-refractivity contribution is -0.114. The van der Waals surface area contributed by atoms with Crippen molar-refractivity contribution < 1.29 is 4.79 Å². The average Bonchev–Trinajstić information content (AvgIpc) is 3.38. The number of H-pyrrole nitrogens is 1. The Morgan fingerprint density at radius 1 is 1.17 bits per heavy atom. The largest absolute Gasteiger partial charge is 0.359 e. The van der Waals surface area contributed by atoms with Crippen molar-refractivity contribution >= 4 is 24.0 Å². The van der Waals surface area contributed by atoms with Gasteiger partial charge in [0.1, 0.15) is 0 Å². The fraction of sp³-hybridized carbons (Fsp3) is 0.286. The molecule has 0 saturated carbocycles. The Kier molecular flexibility index (Phi) is 4.62. The number of hydrogen-bond donors (Lipinski definition) is 1. The topological polar surface area (TPSA) is 92.1 Å². The van der Waals surface area contributed by atoms with Gasteiger partial charge in [-0.1, -0.05) is 20.8 Å². The van der Waals surface area contributed by atoms with E-state index in [0.29, 0.717) is 17.9 Å². The maximum atomic E-state index is 12.9. The van der Waals surface area contributed by atoms with Gasteiger partial charge in [0.05, 0.1) is 30.9 Å². The number of nitrogens with zero attached hydrogens (tertiary/aromatic N) is 6. The van der Waals surface area contributed by atoms with E-state index in [1.807, 2.05) is 23.2 Å². The highest BCUT2D eigenvalue weighted by Crippen LogP contribution is 2.34. The van der Waals surface area contributed by atoms with E-state index in [2.05, 4.69) is 52.7 Å². The minimum Gasteiger partial charge on any atom is -0.359 e. The van der Waals surface area contributed by atoms with Crippen LogP contribution < -0.4 is 5.01 Å². The van der Waals surface area contributed by atoms with E-state index in [4.69, 9.17) is 0 Å². The zero-order chi connectivity index (χ0) is 20.6. The van der Waals surface area contributed by atoms with E-state index in [-0.39, 0.29) is 11.3 Å². The van der Waals surface area contributed by atoms with Crippen molar-refractivity contribution in [3.05, 3.63) is 65.4 Å². The molecule has 148 valence electrons. The lowest BCUT2D eigenvalue weighted by Gasteiger charge is -2.22. The first-order chi connectivity index (χ1) is 13.8. The van der Waals surface area contributed by atoms with Crippen molar-refractivity contribution in [3.63, 3.8) is 0 Å². The van der Waals surface area contributed by atoms with Crippen LogP contribution in [-0.2, 0) is 16.8 Å². The number of imidazole rings is 1. The Bertz CT molecular complexity index is 1090. The molecule has 0 radical (unpaired) electrons. The molecule has 4 heterocycles. The SMILES string of the molecule is Cc1[nH]c(/C=C2\C=NN(c3cnccn3)C2=O)c(C(C)(C)C)c1Cn1ccnc1. The third-order valence-corrected chi connectivity index (χ3v) is 4.81. The lowest BCUT2D eigenvalue weighted by Crippen LogP contribution is -2.22. The maximum Gasteiger partial charge on any atom is 0.281 e. The minimum atomic E-state index is -0.228. The van der Waals surface area contributed by atoms with Crippen LogP contribution in [0.4, 0.5) is 5.82 Å². The van der Waals surface area contributed by atoms with Crippen LogP contribution in [0.2, 0.25) is 0 Å². The van der Waals surface area contributed by atoms with E-state index >= 15 is 0 Å². The van der Waals surface area contributed by atoms with Gasteiger partial charge in [0, 0.05) is 36.2 Å². The molecule has 3 aromatic heterocycles. The molecule has 0 atom stereocenters.